The molecule has 0 aliphatic rings. The molecule has 0 amide bonds. The fourth-order valence-electron chi connectivity index (χ4n) is 1.78. The Hall–Kier alpha value is -0.710. The molecule has 17 heavy (non-hydrogen) atoms. The van der Waals surface area contributed by atoms with Gasteiger partial charge in [0.1, 0.15) is 5.82 Å². The van der Waals surface area contributed by atoms with Crippen LogP contribution in [-0.2, 0) is 6.42 Å². The first-order valence-electron chi connectivity index (χ1n) is 5.35. The smallest absolute Gasteiger partial charge is 0.124 e. The van der Waals surface area contributed by atoms with E-state index < -0.39 is 0 Å². The average molecular weight is 314 g/mol. The second-order valence-electron chi connectivity index (χ2n) is 3.79. The summed E-state index contributed by atoms with van der Waals surface area (Å²) in [5.41, 5.74) is 1.09. The van der Waals surface area contributed by atoms with Crippen molar-refractivity contribution in [1.82, 2.24) is 5.32 Å². The lowest BCUT2D eigenvalue weighted by atomic mass is 10.0. The maximum atomic E-state index is 13.0. The standard InChI is InChI=1S/C13H13BrFNS/c1-16-13(8-10-3-2-6-17-10)11-5-4-9(15)7-12(11)14/h2-7,13,16H,8H2,1H3. The van der Waals surface area contributed by atoms with E-state index in [9.17, 15) is 4.39 Å². The molecule has 4 heteroatoms. The first-order chi connectivity index (χ1) is 8.20. The van der Waals surface area contributed by atoms with Gasteiger partial charge in [0.2, 0.25) is 0 Å². The molecule has 0 fully saturated rings. The second kappa shape index (κ2) is 5.76. The molecule has 0 spiro atoms. The van der Waals surface area contributed by atoms with Crippen molar-refractivity contribution in [2.75, 3.05) is 7.05 Å². The zero-order valence-corrected chi connectivity index (χ0v) is 11.8. The van der Waals surface area contributed by atoms with E-state index >= 15 is 0 Å². The Labute approximate surface area is 113 Å². The fourth-order valence-corrected chi connectivity index (χ4v) is 3.16. The van der Waals surface area contributed by atoms with Crippen LogP contribution in [0.25, 0.3) is 0 Å². The molecule has 1 unspecified atom stereocenters. The first kappa shape index (κ1) is 12.7. The number of hydrogen-bond donors (Lipinski definition) is 1. The number of thiophene rings is 1. The van der Waals surface area contributed by atoms with Crippen LogP contribution in [0.5, 0.6) is 0 Å². The van der Waals surface area contributed by atoms with E-state index in [-0.39, 0.29) is 11.9 Å². The van der Waals surface area contributed by atoms with Crippen molar-refractivity contribution >= 4 is 27.3 Å². The molecule has 0 aliphatic carbocycles. The van der Waals surface area contributed by atoms with Gasteiger partial charge in [0.25, 0.3) is 0 Å². The zero-order valence-electron chi connectivity index (χ0n) is 9.41. The van der Waals surface area contributed by atoms with Gasteiger partial charge in [-0.25, -0.2) is 4.39 Å². The van der Waals surface area contributed by atoms with Crippen molar-refractivity contribution in [1.29, 1.82) is 0 Å². The number of rotatable bonds is 4. The van der Waals surface area contributed by atoms with Crippen molar-refractivity contribution in [2.45, 2.75) is 12.5 Å². The highest BCUT2D eigenvalue weighted by atomic mass is 79.9. The van der Waals surface area contributed by atoms with E-state index in [1.165, 1.54) is 17.0 Å². The van der Waals surface area contributed by atoms with Crippen LogP contribution >= 0.6 is 27.3 Å². The minimum atomic E-state index is -0.216. The number of hydrogen-bond acceptors (Lipinski definition) is 2. The van der Waals surface area contributed by atoms with E-state index in [0.717, 1.165) is 16.5 Å². The van der Waals surface area contributed by atoms with Gasteiger partial charge in [0, 0.05) is 21.8 Å². The third-order valence-electron chi connectivity index (χ3n) is 2.67. The molecule has 1 nitrogen and oxygen atoms in total. The Morgan fingerprint density at radius 3 is 2.82 bits per heavy atom. The highest BCUT2D eigenvalue weighted by molar-refractivity contribution is 9.10. The van der Waals surface area contributed by atoms with Crippen LogP contribution in [0.15, 0.2) is 40.2 Å². The third kappa shape index (κ3) is 3.15. The van der Waals surface area contributed by atoms with Crippen LogP contribution in [0, 0.1) is 5.82 Å². The topological polar surface area (TPSA) is 12.0 Å². The molecule has 90 valence electrons. The van der Waals surface area contributed by atoms with E-state index in [1.54, 1.807) is 11.3 Å². The Morgan fingerprint density at radius 2 is 2.24 bits per heavy atom. The second-order valence-corrected chi connectivity index (χ2v) is 5.68. The van der Waals surface area contributed by atoms with Crippen molar-refractivity contribution < 1.29 is 4.39 Å². The largest absolute Gasteiger partial charge is 0.313 e. The van der Waals surface area contributed by atoms with Gasteiger partial charge in [-0.1, -0.05) is 28.1 Å². The van der Waals surface area contributed by atoms with Gasteiger partial charge in [-0.05, 0) is 36.2 Å². The summed E-state index contributed by atoms with van der Waals surface area (Å²) in [7, 11) is 1.92. The van der Waals surface area contributed by atoms with Crippen LogP contribution in [0.4, 0.5) is 4.39 Å². The Balaban J connectivity index is 2.23. The predicted molar refractivity (Wildman–Crippen MR) is 73.9 cm³/mol. The van der Waals surface area contributed by atoms with Crippen LogP contribution in [0.3, 0.4) is 0 Å². The van der Waals surface area contributed by atoms with Crippen molar-refractivity contribution in [3.63, 3.8) is 0 Å². The van der Waals surface area contributed by atoms with Gasteiger partial charge in [-0.15, -0.1) is 11.3 Å². The SMILES string of the molecule is CNC(Cc1cccs1)c1ccc(F)cc1Br. The summed E-state index contributed by atoms with van der Waals surface area (Å²) in [6, 6.07) is 9.20. The summed E-state index contributed by atoms with van der Waals surface area (Å²) >= 11 is 5.16. The van der Waals surface area contributed by atoms with E-state index in [2.05, 4.69) is 32.7 Å². The monoisotopic (exact) mass is 313 g/mol. The maximum Gasteiger partial charge on any atom is 0.124 e. The summed E-state index contributed by atoms with van der Waals surface area (Å²) in [6.07, 6.45) is 0.915. The quantitative estimate of drug-likeness (QED) is 0.894. The number of halogens is 2. The van der Waals surface area contributed by atoms with Crippen molar-refractivity contribution in [3.05, 3.63) is 56.4 Å². The summed E-state index contributed by atoms with van der Waals surface area (Å²) in [5, 5.41) is 5.34. The van der Waals surface area contributed by atoms with Crippen LogP contribution < -0.4 is 5.32 Å². The minimum absolute atomic E-state index is 0.198. The molecular formula is C13H13BrFNS. The van der Waals surface area contributed by atoms with Gasteiger partial charge in [-0.3, -0.25) is 0 Å². The molecule has 1 heterocycles. The minimum Gasteiger partial charge on any atom is -0.313 e. The zero-order chi connectivity index (χ0) is 12.3. The predicted octanol–water partition coefficient (Wildman–Crippen LogP) is 4.15. The fraction of sp³-hybridized carbons (Fsp3) is 0.231. The molecule has 1 aromatic heterocycles. The van der Waals surface area contributed by atoms with Crippen molar-refractivity contribution in [2.24, 2.45) is 0 Å². The lowest BCUT2D eigenvalue weighted by Gasteiger charge is -2.17. The maximum absolute atomic E-state index is 13.0. The van der Waals surface area contributed by atoms with Crippen LogP contribution in [0.2, 0.25) is 0 Å². The molecule has 1 atom stereocenters. The molecule has 0 saturated heterocycles. The Kier molecular flexibility index (Phi) is 4.31. The molecule has 2 aromatic rings. The summed E-state index contributed by atoms with van der Waals surface area (Å²) < 4.78 is 13.9. The molecule has 0 saturated carbocycles. The molecular weight excluding hydrogens is 301 g/mol. The molecule has 0 aliphatic heterocycles. The Bertz CT molecular complexity index is 484. The summed E-state index contributed by atoms with van der Waals surface area (Å²) in [6.45, 7) is 0. The van der Waals surface area contributed by atoms with Crippen LogP contribution in [-0.4, -0.2) is 7.05 Å². The number of likely N-dealkylation sites (N-methyl/N-ethyl adjacent to an activating group) is 1. The van der Waals surface area contributed by atoms with E-state index in [0.29, 0.717) is 0 Å². The highest BCUT2D eigenvalue weighted by Crippen LogP contribution is 2.27. The summed E-state index contributed by atoms with van der Waals surface area (Å²) in [4.78, 5) is 1.32. The van der Waals surface area contributed by atoms with E-state index in [1.807, 2.05) is 19.2 Å². The van der Waals surface area contributed by atoms with Crippen molar-refractivity contribution in [3.8, 4) is 0 Å². The van der Waals surface area contributed by atoms with E-state index in [4.69, 9.17) is 0 Å². The lowest BCUT2D eigenvalue weighted by Crippen LogP contribution is -2.18. The first-order valence-corrected chi connectivity index (χ1v) is 7.02. The highest BCUT2D eigenvalue weighted by Gasteiger charge is 2.14. The normalized spacial score (nSPS) is 12.6. The molecule has 0 bridgehead atoms. The average Bonchev–Trinajstić information content (AvgIpc) is 2.79. The number of nitrogens with one attached hydrogen (secondary N) is 1. The summed E-state index contributed by atoms with van der Waals surface area (Å²) in [5.74, 6) is -0.216. The molecule has 2 rings (SSSR count). The number of benzene rings is 1. The molecule has 1 aromatic carbocycles. The van der Waals surface area contributed by atoms with Gasteiger partial charge < -0.3 is 5.32 Å². The van der Waals surface area contributed by atoms with Crippen LogP contribution in [0.1, 0.15) is 16.5 Å². The molecule has 1 N–H and O–H groups in total. The van der Waals surface area contributed by atoms with Gasteiger partial charge >= 0.3 is 0 Å². The molecule has 0 radical (unpaired) electrons. The van der Waals surface area contributed by atoms with Gasteiger partial charge in [0.05, 0.1) is 0 Å². The lowest BCUT2D eigenvalue weighted by molar-refractivity contribution is 0.586. The Morgan fingerprint density at radius 1 is 1.41 bits per heavy atom. The van der Waals surface area contributed by atoms with Gasteiger partial charge in [-0.2, -0.15) is 0 Å². The van der Waals surface area contributed by atoms with Gasteiger partial charge in [0.15, 0.2) is 0 Å². The third-order valence-corrected chi connectivity index (χ3v) is 4.26.